The zero-order valence-corrected chi connectivity index (χ0v) is 13.5. The Bertz CT molecular complexity index is 832. The largest absolute Gasteiger partial charge is 0.426 e. The SMILES string of the molecule is CC(=O)Oc1cc2c(c3c1C1OC(C)(C)OC1C3)C(=O)C=CC2=O. The van der Waals surface area contributed by atoms with Crippen LogP contribution in [0, 0.1) is 0 Å². The standard InChI is InChI=1S/C18H16O6/c1-8(19)22-13-6-9-11(20)4-5-12(21)15(9)10-7-14-17(16(10)13)24-18(2,3)23-14/h4-6,14,17H,7H2,1-3H3. The molecule has 0 amide bonds. The number of benzene rings is 1. The number of hydrogen-bond donors (Lipinski definition) is 0. The monoisotopic (exact) mass is 328 g/mol. The van der Waals surface area contributed by atoms with Crippen LogP contribution in [-0.4, -0.2) is 29.4 Å². The Balaban J connectivity index is 1.94. The highest BCUT2D eigenvalue weighted by atomic mass is 16.8. The van der Waals surface area contributed by atoms with Gasteiger partial charge in [0.2, 0.25) is 0 Å². The first-order valence-corrected chi connectivity index (χ1v) is 7.77. The second-order valence-corrected chi connectivity index (χ2v) is 6.64. The van der Waals surface area contributed by atoms with Gasteiger partial charge in [-0.3, -0.25) is 14.4 Å². The molecule has 2 aliphatic carbocycles. The fourth-order valence-corrected chi connectivity index (χ4v) is 3.72. The summed E-state index contributed by atoms with van der Waals surface area (Å²) in [6.45, 7) is 4.92. The lowest BCUT2D eigenvalue weighted by Crippen LogP contribution is -2.23. The maximum atomic E-state index is 12.3. The smallest absolute Gasteiger partial charge is 0.308 e. The van der Waals surface area contributed by atoms with Crippen molar-refractivity contribution in [1.29, 1.82) is 0 Å². The van der Waals surface area contributed by atoms with Gasteiger partial charge >= 0.3 is 5.97 Å². The molecule has 24 heavy (non-hydrogen) atoms. The van der Waals surface area contributed by atoms with Gasteiger partial charge in [-0.05, 0) is 37.6 Å². The van der Waals surface area contributed by atoms with Crippen LogP contribution in [0.3, 0.4) is 0 Å². The average Bonchev–Trinajstić information content (AvgIpc) is 2.94. The molecule has 3 aliphatic rings. The molecule has 1 saturated heterocycles. The molecule has 0 N–H and O–H groups in total. The number of allylic oxidation sites excluding steroid dienone is 2. The first-order chi connectivity index (χ1) is 11.3. The Labute approximate surface area is 138 Å². The van der Waals surface area contributed by atoms with Gasteiger partial charge in [-0.15, -0.1) is 0 Å². The Kier molecular flexibility index (Phi) is 3.07. The van der Waals surface area contributed by atoms with Crippen molar-refractivity contribution in [2.75, 3.05) is 0 Å². The molecule has 6 nitrogen and oxygen atoms in total. The normalized spacial score (nSPS) is 26.1. The van der Waals surface area contributed by atoms with E-state index in [1.165, 1.54) is 25.1 Å². The quantitative estimate of drug-likeness (QED) is 0.581. The van der Waals surface area contributed by atoms with E-state index in [-0.39, 0.29) is 29.0 Å². The van der Waals surface area contributed by atoms with Gasteiger partial charge in [-0.1, -0.05) is 0 Å². The fraction of sp³-hybridized carbons (Fsp3) is 0.389. The number of esters is 1. The van der Waals surface area contributed by atoms with Gasteiger partial charge in [0.25, 0.3) is 0 Å². The summed E-state index contributed by atoms with van der Waals surface area (Å²) in [4.78, 5) is 36.0. The van der Waals surface area contributed by atoms with Crippen LogP contribution in [-0.2, 0) is 20.7 Å². The molecule has 0 spiro atoms. The van der Waals surface area contributed by atoms with Crippen molar-refractivity contribution in [3.63, 3.8) is 0 Å². The second-order valence-electron chi connectivity index (χ2n) is 6.64. The third kappa shape index (κ3) is 2.14. The Morgan fingerprint density at radius 2 is 1.92 bits per heavy atom. The van der Waals surface area contributed by atoms with Crippen LogP contribution in [0.5, 0.6) is 5.75 Å². The third-order valence-electron chi connectivity index (χ3n) is 4.46. The molecule has 2 unspecified atom stereocenters. The molecule has 1 aromatic rings. The number of carbonyl (C=O) groups is 3. The molecule has 124 valence electrons. The summed E-state index contributed by atoms with van der Waals surface area (Å²) in [5, 5.41) is 0. The summed E-state index contributed by atoms with van der Waals surface area (Å²) in [5.74, 6) is -1.49. The van der Waals surface area contributed by atoms with E-state index >= 15 is 0 Å². The van der Waals surface area contributed by atoms with Crippen molar-refractivity contribution >= 4 is 17.5 Å². The second kappa shape index (κ2) is 4.84. The molecule has 6 heteroatoms. The molecule has 0 bridgehead atoms. The number of carbonyl (C=O) groups excluding carboxylic acids is 3. The van der Waals surface area contributed by atoms with Crippen molar-refractivity contribution in [2.24, 2.45) is 0 Å². The van der Waals surface area contributed by atoms with Crippen LogP contribution in [0.25, 0.3) is 0 Å². The highest BCUT2D eigenvalue weighted by Crippen LogP contribution is 2.51. The zero-order valence-electron chi connectivity index (χ0n) is 13.5. The molecular weight excluding hydrogens is 312 g/mol. The van der Waals surface area contributed by atoms with Crippen molar-refractivity contribution in [3.8, 4) is 5.75 Å². The molecule has 0 saturated carbocycles. The minimum atomic E-state index is -0.754. The van der Waals surface area contributed by atoms with E-state index in [4.69, 9.17) is 14.2 Å². The van der Waals surface area contributed by atoms with Gasteiger partial charge in [0, 0.05) is 30.0 Å². The fourth-order valence-electron chi connectivity index (χ4n) is 3.72. The first-order valence-electron chi connectivity index (χ1n) is 7.77. The van der Waals surface area contributed by atoms with Crippen LogP contribution in [0.1, 0.15) is 58.7 Å². The van der Waals surface area contributed by atoms with E-state index in [9.17, 15) is 14.4 Å². The van der Waals surface area contributed by atoms with Gasteiger partial charge < -0.3 is 14.2 Å². The summed E-state index contributed by atoms with van der Waals surface area (Å²) in [6.07, 6.45) is 2.25. The maximum absolute atomic E-state index is 12.3. The van der Waals surface area contributed by atoms with Crippen molar-refractivity contribution in [1.82, 2.24) is 0 Å². The molecule has 1 heterocycles. The van der Waals surface area contributed by atoms with Crippen LogP contribution in [0.15, 0.2) is 18.2 Å². The number of fused-ring (bicyclic) bond motifs is 5. The summed E-state index contributed by atoms with van der Waals surface area (Å²) in [6, 6.07) is 1.47. The van der Waals surface area contributed by atoms with Crippen molar-refractivity contribution in [3.05, 3.63) is 40.5 Å². The summed E-state index contributed by atoms with van der Waals surface area (Å²) < 4.78 is 17.2. The molecular formula is C18H16O6. The van der Waals surface area contributed by atoms with Gasteiger partial charge in [0.05, 0.1) is 6.10 Å². The van der Waals surface area contributed by atoms with Crippen LogP contribution >= 0.6 is 0 Å². The van der Waals surface area contributed by atoms with Crippen LogP contribution < -0.4 is 4.74 Å². The highest BCUT2D eigenvalue weighted by molar-refractivity contribution is 6.23. The molecule has 0 aromatic heterocycles. The van der Waals surface area contributed by atoms with E-state index in [1.54, 1.807) is 0 Å². The number of rotatable bonds is 1. The lowest BCUT2D eigenvalue weighted by molar-refractivity contribution is -0.148. The topological polar surface area (TPSA) is 78.9 Å². The minimum absolute atomic E-state index is 0.227. The lowest BCUT2D eigenvalue weighted by atomic mass is 9.88. The van der Waals surface area contributed by atoms with E-state index in [0.717, 1.165) is 0 Å². The number of hydrogen-bond acceptors (Lipinski definition) is 6. The van der Waals surface area contributed by atoms with Crippen molar-refractivity contribution < 1.29 is 28.6 Å². The average molecular weight is 328 g/mol. The molecule has 0 radical (unpaired) electrons. The van der Waals surface area contributed by atoms with E-state index < -0.39 is 17.9 Å². The van der Waals surface area contributed by atoms with E-state index in [0.29, 0.717) is 23.1 Å². The predicted octanol–water partition coefficient (Wildman–Crippen LogP) is 2.30. The van der Waals surface area contributed by atoms with Crippen molar-refractivity contribution in [2.45, 2.75) is 45.2 Å². The van der Waals surface area contributed by atoms with Gasteiger partial charge in [-0.2, -0.15) is 0 Å². The molecule has 1 aromatic carbocycles. The van der Waals surface area contributed by atoms with E-state index in [1.807, 2.05) is 13.8 Å². The molecule has 1 fully saturated rings. The van der Waals surface area contributed by atoms with Crippen LogP contribution in [0.4, 0.5) is 0 Å². The van der Waals surface area contributed by atoms with Gasteiger partial charge in [-0.25, -0.2) is 0 Å². The third-order valence-corrected chi connectivity index (χ3v) is 4.46. The lowest BCUT2D eigenvalue weighted by Gasteiger charge is -2.22. The summed E-state index contributed by atoms with van der Waals surface area (Å²) >= 11 is 0. The Morgan fingerprint density at radius 1 is 1.21 bits per heavy atom. The predicted molar refractivity (Wildman–Crippen MR) is 82.0 cm³/mol. The first kappa shape index (κ1) is 15.2. The minimum Gasteiger partial charge on any atom is -0.426 e. The molecule has 1 aliphatic heterocycles. The van der Waals surface area contributed by atoms with E-state index in [2.05, 4.69) is 0 Å². The maximum Gasteiger partial charge on any atom is 0.308 e. The number of ketones is 2. The Morgan fingerprint density at radius 3 is 2.62 bits per heavy atom. The zero-order chi connectivity index (χ0) is 17.2. The van der Waals surface area contributed by atoms with Gasteiger partial charge in [0.1, 0.15) is 11.9 Å². The highest BCUT2D eigenvalue weighted by Gasteiger charge is 2.50. The summed E-state index contributed by atoms with van der Waals surface area (Å²) in [7, 11) is 0. The number of ether oxygens (including phenoxy) is 3. The van der Waals surface area contributed by atoms with Crippen LogP contribution in [0.2, 0.25) is 0 Å². The molecule has 4 rings (SSSR count). The Hall–Kier alpha value is -2.31. The van der Waals surface area contributed by atoms with Gasteiger partial charge in [0.15, 0.2) is 17.4 Å². The summed E-state index contributed by atoms with van der Waals surface area (Å²) in [5.41, 5.74) is 1.94. The molecule has 2 atom stereocenters.